The van der Waals surface area contributed by atoms with Crippen LogP contribution in [-0.4, -0.2) is 31.8 Å². The summed E-state index contributed by atoms with van der Waals surface area (Å²) in [6.07, 6.45) is -2.11. The number of nitrogens with one attached hydrogen (secondary N) is 2. The number of anilines is 1. The second-order valence-electron chi connectivity index (χ2n) is 6.63. The number of halogens is 4. The van der Waals surface area contributed by atoms with Gasteiger partial charge in [0.15, 0.2) is 5.69 Å². The van der Waals surface area contributed by atoms with Crippen LogP contribution in [0, 0.1) is 0 Å². The third-order valence-electron chi connectivity index (χ3n) is 4.34. The van der Waals surface area contributed by atoms with Crippen molar-refractivity contribution < 1.29 is 22.8 Å². The number of thiazole rings is 2. The molecule has 8 nitrogen and oxygen atoms in total. The van der Waals surface area contributed by atoms with E-state index in [-0.39, 0.29) is 16.3 Å². The largest absolute Gasteiger partial charge is 0.417 e. The van der Waals surface area contributed by atoms with Gasteiger partial charge in [0.1, 0.15) is 26.6 Å². The van der Waals surface area contributed by atoms with Crippen molar-refractivity contribution in [3.8, 4) is 0 Å². The monoisotopic (exact) mass is 512 g/mol. The summed E-state index contributed by atoms with van der Waals surface area (Å²) in [5.74, 6) is -1.13. The molecule has 1 atom stereocenters. The van der Waals surface area contributed by atoms with Crippen molar-refractivity contribution >= 4 is 62.1 Å². The number of carbonyl (C=O) groups is 2. The Morgan fingerprint density at radius 3 is 2.67 bits per heavy atom. The lowest BCUT2D eigenvalue weighted by Gasteiger charge is -2.11. The average molecular weight is 513 g/mol. The molecule has 0 aliphatic carbocycles. The Balaban J connectivity index is 1.46. The van der Waals surface area contributed by atoms with E-state index in [0.717, 1.165) is 23.5 Å². The molecule has 0 fully saturated rings. The van der Waals surface area contributed by atoms with Gasteiger partial charge < -0.3 is 10.6 Å². The molecule has 0 spiro atoms. The summed E-state index contributed by atoms with van der Waals surface area (Å²) >= 11 is 7.87. The minimum Gasteiger partial charge on any atom is -0.342 e. The number of rotatable bonds is 5. The molecule has 3 aromatic heterocycles. The SMILES string of the molecule is CC(NC(=O)c1ncnc2scnc12)c1ncc(C(=O)Nc2ccc(Cl)c(C(F)(F)F)c2)s1. The quantitative estimate of drug-likeness (QED) is 0.391. The summed E-state index contributed by atoms with van der Waals surface area (Å²) in [6.45, 7) is 1.67. The van der Waals surface area contributed by atoms with Gasteiger partial charge in [-0.15, -0.1) is 22.7 Å². The van der Waals surface area contributed by atoms with E-state index in [1.807, 2.05) is 0 Å². The summed E-state index contributed by atoms with van der Waals surface area (Å²) in [6, 6.07) is 2.51. The summed E-state index contributed by atoms with van der Waals surface area (Å²) in [5.41, 5.74) is 0.939. The highest BCUT2D eigenvalue weighted by molar-refractivity contribution is 7.16. The van der Waals surface area contributed by atoms with Crippen LogP contribution in [0.4, 0.5) is 18.9 Å². The first-order valence-electron chi connectivity index (χ1n) is 9.12. The Morgan fingerprint density at radius 2 is 1.91 bits per heavy atom. The highest BCUT2D eigenvalue weighted by Crippen LogP contribution is 2.36. The van der Waals surface area contributed by atoms with Gasteiger partial charge in [-0.1, -0.05) is 11.6 Å². The Labute approximate surface area is 196 Å². The van der Waals surface area contributed by atoms with E-state index in [9.17, 15) is 22.8 Å². The fraction of sp³-hybridized carbons (Fsp3) is 0.158. The van der Waals surface area contributed by atoms with Crippen molar-refractivity contribution in [2.75, 3.05) is 5.32 Å². The van der Waals surface area contributed by atoms with Gasteiger partial charge >= 0.3 is 6.18 Å². The lowest BCUT2D eigenvalue weighted by molar-refractivity contribution is -0.137. The van der Waals surface area contributed by atoms with E-state index in [0.29, 0.717) is 15.4 Å². The highest BCUT2D eigenvalue weighted by atomic mass is 35.5. The minimum absolute atomic E-state index is 0.0657. The van der Waals surface area contributed by atoms with Gasteiger partial charge in [-0.05, 0) is 25.1 Å². The molecule has 4 rings (SSSR count). The van der Waals surface area contributed by atoms with Gasteiger partial charge in [0.2, 0.25) is 0 Å². The number of nitrogens with zero attached hydrogens (tertiary/aromatic N) is 4. The van der Waals surface area contributed by atoms with Gasteiger partial charge in [0.05, 0.1) is 28.3 Å². The fourth-order valence-electron chi connectivity index (χ4n) is 2.79. The van der Waals surface area contributed by atoms with Crippen LogP contribution in [0.1, 0.15) is 43.7 Å². The second-order valence-corrected chi connectivity index (χ2v) is 8.94. The number of aromatic nitrogens is 4. The molecule has 170 valence electrons. The lowest BCUT2D eigenvalue weighted by atomic mass is 10.2. The summed E-state index contributed by atoms with van der Waals surface area (Å²) < 4.78 is 39.1. The van der Waals surface area contributed by atoms with Crippen LogP contribution in [0.5, 0.6) is 0 Å². The number of benzene rings is 1. The van der Waals surface area contributed by atoms with E-state index in [4.69, 9.17) is 11.6 Å². The third-order valence-corrected chi connectivity index (χ3v) is 6.59. The van der Waals surface area contributed by atoms with E-state index in [1.165, 1.54) is 29.9 Å². The highest BCUT2D eigenvalue weighted by Gasteiger charge is 2.33. The van der Waals surface area contributed by atoms with Gasteiger partial charge in [-0.2, -0.15) is 13.2 Å². The Hall–Kier alpha value is -3.16. The van der Waals surface area contributed by atoms with Crippen LogP contribution in [-0.2, 0) is 6.18 Å². The van der Waals surface area contributed by atoms with Crippen LogP contribution in [0.2, 0.25) is 5.02 Å². The van der Waals surface area contributed by atoms with Crippen molar-refractivity contribution in [2.45, 2.75) is 19.1 Å². The van der Waals surface area contributed by atoms with Crippen molar-refractivity contribution in [2.24, 2.45) is 0 Å². The van der Waals surface area contributed by atoms with Crippen molar-refractivity contribution in [1.29, 1.82) is 0 Å². The molecule has 1 aromatic carbocycles. The van der Waals surface area contributed by atoms with Gasteiger partial charge in [-0.25, -0.2) is 19.9 Å². The molecule has 0 aliphatic rings. The molecule has 4 aromatic rings. The molecular weight excluding hydrogens is 501 g/mol. The number of carbonyl (C=O) groups excluding carboxylic acids is 2. The smallest absolute Gasteiger partial charge is 0.342 e. The maximum Gasteiger partial charge on any atom is 0.417 e. The predicted molar refractivity (Wildman–Crippen MR) is 118 cm³/mol. The van der Waals surface area contributed by atoms with Crippen LogP contribution < -0.4 is 10.6 Å². The zero-order valence-electron chi connectivity index (χ0n) is 16.5. The molecule has 14 heteroatoms. The molecule has 0 radical (unpaired) electrons. The number of hydrogen-bond donors (Lipinski definition) is 2. The van der Waals surface area contributed by atoms with Crippen molar-refractivity contribution in [3.05, 3.63) is 62.4 Å². The first kappa shape index (κ1) is 23.0. The molecule has 3 heterocycles. The normalized spacial score (nSPS) is 12.5. The number of alkyl halides is 3. The van der Waals surface area contributed by atoms with E-state index < -0.39 is 34.6 Å². The topological polar surface area (TPSA) is 110 Å². The first-order valence-corrected chi connectivity index (χ1v) is 11.2. The number of amides is 2. The van der Waals surface area contributed by atoms with Crippen LogP contribution in [0.25, 0.3) is 10.3 Å². The molecule has 0 saturated carbocycles. The fourth-order valence-corrected chi connectivity index (χ4v) is 4.46. The number of fused-ring (bicyclic) bond motifs is 1. The molecule has 33 heavy (non-hydrogen) atoms. The lowest BCUT2D eigenvalue weighted by Crippen LogP contribution is -2.27. The summed E-state index contributed by atoms with van der Waals surface area (Å²) in [5, 5.41) is 5.09. The van der Waals surface area contributed by atoms with Crippen molar-refractivity contribution in [3.63, 3.8) is 0 Å². The van der Waals surface area contributed by atoms with Crippen LogP contribution >= 0.6 is 34.3 Å². The summed E-state index contributed by atoms with van der Waals surface area (Å²) in [7, 11) is 0. The van der Waals surface area contributed by atoms with E-state index >= 15 is 0 Å². The Bertz CT molecular complexity index is 1360. The maximum atomic E-state index is 13.0. The molecule has 2 N–H and O–H groups in total. The van der Waals surface area contributed by atoms with Crippen LogP contribution in [0.3, 0.4) is 0 Å². The third kappa shape index (κ3) is 4.94. The molecule has 2 amide bonds. The molecule has 0 aliphatic heterocycles. The molecule has 0 bridgehead atoms. The maximum absolute atomic E-state index is 13.0. The molecule has 0 saturated heterocycles. The number of hydrogen-bond acceptors (Lipinski definition) is 8. The predicted octanol–water partition coefficient (Wildman–Crippen LogP) is 4.96. The zero-order chi connectivity index (χ0) is 23.8. The van der Waals surface area contributed by atoms with Gasteiger partial charge in [-0.3, -0.25) is 9.59 Å². The average Bonchev–Trinajstić information content (AvgIpc) is 3.43. The summed E-state index contributed by atoms with van der Waals surface area (Å²) in [4.78, 5) is 42.1. The van der Waals surface area contributed by atoms with Gasteiger partial charge in [0, 0.05) is 5.69 Å². The Kier molecular flexibility index (Phi) is 6.28. The minimum atomic E-state index is -4.66. The Morgan fingerprint density at radius 1 is 1.12 bits per heavy atom. The zero-order valence-corrected chi connectivity index (χ0v) is 18.9. The molecular formula is C19H12ClF3N6O2S2. The van der Waals surface area contributed by atoms with E-state index in [1.54, 1.807) is 12.4 Å². The standard InChI is InChI=1S/C19H12ClF3N6O2S2/c1-8(28-16(31)13-14-18(26-6-25-13)32-7-27-14)17-24-5-12(33-17)15(30)29-9-2-3-11(20)10(4-9)19(21,22)23/h2-8H,1H3,(H,28,31)(H,29,30). The van der Waals surface area contributed by atoms with E-state index in [2.05, 4.69) is 30.6 Å². The second kappa shape index (κ2) is 9.00. The van der Waals surface area contributed by atoms with Crippen LogP contribution in [0.15, 0.2) is 36.2 Å². The van der Waals surface area contributed by atoms with Gasteiger partial charge in [0.25, 0.3) is 11.8 Å². The molecule has 1 unspecified atom stereocenters. The van der Waals surface area contributed by atoms with Crippen molar-refractivity contribution in [1.82, 2.24) is 25.3 Å². The first-order chi connectivity index (χ1) is 15.6.